The molecular formula is C8H6BrClFNO. The van der Waals surface area contributed by atoms with Gasteiger partial charge >= 0.3 is 0 Å². The van der Waals surface area contributed by atoms with Crippen LogP contribution in [-0.4, -0.2) is 16.8 Å². The first-order chi connectivity index (χ1) is 6.19. The zero-order valence-corrected chi connectivity index (χ0v) is 8.81. The van der Waals surface area contributed by atoms with E-state index in [2.05, 4.69) is 21.1 Å². The van der Waals surface area contributed by atoms with Gasteiger partial charge in [0.2, 0.25) is 0 Å². The molecule has 2 nitrogen and oxygen atoms in total. The standard InChI is InChI=1S/C8H6BrClFNO/c9-6-2-1-5(3-7(6)11)8(4-10)12-13/h1-3,13H,4H2/b12-8+. The number of hydrogen-bond donors (Lipinski definition) is 1. The van der Waals surface area contributed by atoms with Crippen molar-refractivity contribution in [3.63, 3.8) is 0 Å². The molecule has 5 heteroatoms. The zero-order chi connectivity index (χ0) is 9.84. The van der Waals surface area contributed by atoms with Crippen molar-refractivity contribution in [1.29, 1.82) is 0 Å². The fourth-order valence-electron chi connectivity index (χ4n) is 0.837. The number of benzene rings is 1. The van der Waals surface area contributed by atoms with Crippen molar-refractivity contribution in [1.82, 2.24) is 0 Å². The molecule has 1 rings (SSSR count). The molecule has 0 amide bonds. The predicted octanol–water partition coefficient (Wildman–Crippen LogP) is 3.01. The van der Waals surface area contributed by atoms with Gasteiger partial charge in [0, 0.05) is 5.56 Å². The molecule has 1 aromatic carbocycles. The van der Waals surface area contributed by atoms with E-state index >= 15 is 0 Å². The molecule has 0 aromatic heterocycles. The molecule has 0 atom stereocenters. The van der Waals surface area contributed by atoms with E-state index in [1.165, 1.54) is 12.1 Å². The molecule has 0 unspecified atom stereocenters. The first kappa shape index (κ1) is 10.5. The van der Waals surface area contributed by atoms with Crippen molar-refractivity contribution in [3.05, 3.63) is 34.1 Å². The SMILES string of the molecule is O/N=C(\CCl)c1ccc(Br)c(F)c1. The van der Waals surface area contributed by atoms with Gasteiger partial charge in [-0.15, -0.1) is 11.6 Å². The van der Waals surface area contributed by atoms with Crippen molar-refractivity contribution in [3.8, 4) is 0 Å². The second-order valence-corrected chi connectivity index (χ2v) is 3.43. The van der Waals surface area contributed by atoms with Crippen LogP contribution in [0.5, 0.6) is 0 Å². The summed E-state index contributed by atoms with van der Waals surface area (Å²) in [4.78, 5) is 0. The average Bonchev–Trinajstić information content (AvgIpc) is 2.13. The van der Waals surface area contributed by atoms with Crippen LogP contribution in [-0.2, 0) is 0 Å². The number of alkyl halides is 1. The molecular weight excluding hydrogens is 260 g/mol. The van der Waals surface area contributed by atoms with E-state index in [0.29, 0.717) is 10.0 Å². The minimum Gasteiger partial charge on any atom is -0.411 e. The Kier molecular flexibility index (Phi) is 3.69. The Hall–Kier alpha value is -0.610. The van der Waals surface area contributed by atoms with Crippen LogP contribution in [0.1, 0.15) is 5.56 Å². The van der Waals surface area contributed by atoms with Crippen LogP contribution in [0.3, 0.4) is 0 Å². The Morgan fingerprint density at radius 2 is 2.31 bits per heavy atom. The van der Waals surface area contributed by atoms with Gasteiger partial charge < -0.3 is 5.21 Å². The van der Waals surface area contributed by atoms with Crippen LogP contribution in [0.15, 0.2) is 27.8 Å². The van der Waals surface area contributed by atoms with Gasteiger partial charge in [0.1, 0.15) is 11.5 Å². The van der Waals surface area contributed by atoms with Crippen LogP contribution in [0.25, 0.3) is 0 Å². The molecule has 0 fully saturated rings. The topological polar surface area (TPSA) is 32.6 Å². The molecule has 13 heavy (non-hydrogen) atoms. The Labute approximate surface area is 88.1 Å². The van der Waals surface area contributed by atoms with Gasteiger partial charge in [-0.05, 0) is 28.1 Å². The van der Waals surface area contributed by atoms with E-state index in [-0.39, 0.29) is 11.6 Å². The maximum absolute atomic E-state index is 13.0. The minimum atomic E-state index is -0.413. The summed E-state index contributed by atoms with van der Waals surface area (Å²) in [6, 6.07) is 4.40. The summed E-state index contributed by atoms with van der Waals surface area (Å²) in [6.07, 6.45) is 0. The summed E-state index contributed by atoms with van der Waals surface area (Å²) >= 11 is 8.48. The largest absolute Gasteiger partial charge is 0.411 e. The maximum Gasteiger partial charge on any atom is 0.138 e. The third-order valence-corrected chi connectivity index (χ3v) is 2.40. The highest BCUT2D eigenvalue weighted by atomic mass is 79.9. The lowest BCUT2D eigenvalue weighted by molar-refractivity contribution is 0.319. The van der Waals surface area contributed by atoms with Gasteiger partial charge in [-0.1, -0.05) is 11.2 Å². The summed E-state index contributed by atoms with van der Waals surface area (Å²) in [7, 11) is 0. The zero-order valence-electron chi connectivity index (χ0n) is 6.47. The first-order valence-corrected chi connectivity index (χ1v) is 4.74. The van der Waals surface area contributed by atoms with E-state index in [0.717, 1.165) is 0 Å². The summed E-state index contributed by atoms with van der Waals surface area (Å²) in [6.45, 7) is 0. The van der Waals surface area contributed by atoms with Gasteiger partial charge in [0.25, 0.3) is 0 Å². The van der Waals surface area contributed by atoms with E-state index in [1.807, 2.05) is 0 Å². The quantitative estimate of drug-likeness (QED) is 0.379. The lowest BCUT2D eigenvalue weighted by Gasteiger charge is -2.01. The van der Waals surface area contributed by atoms with E-state index in [4.69, 9.17) is 16.8 Å². The van der Waals surface area contributed by atoms with Crippen LogP contribution in [0.4, 0.5) is 4.39 Å². The Bertz CT molecular complexity index is 343. The van der Waals surface area contributed by atoms with Crippen LogP contribution in [0.2, 0.25) is 0 Å². The second-order valence-electron chi connectivity index (χ2n) is 2.31. The Balaban J connectivity index is 3.10. The third kappa shape index (κ3) is 2.42. The van der Waals surface area contributed by atoms with Crippen molar-refractivity contribution in [2.75, 3.05) is 5.88 Å². The Morgan fingerprint density at radius 1 is 1.62 bits per heavy atom. The average molecular weight is 266 g/mol. The summed E-state index contributed by atoms with van der Waals surface area (Å²) in [5.74, 6) is -0.374. The highest BCUT2D eigenvalue weighted by Gasteiger charge is 2.06. The number of oxime groups is 1. The maximum atomic E-state index is 13.0. The molecule has 0 aliphatic rings. The number of nitrogens with zero attached hydrogens (tertiary/aromatic N) is 1. The molecule has 0 heterocycles. The first-order valence-electron chi connectivity index (χ1n) is 3.41. The third-order valence-electron chi connectivity index (χ3n) is 1.50. The van der Waals surface area contributed by atoms with Crippen molar-refractivity contribution in [2.45, 2.75) is 0 Å². The van der Waals surface area contributed by atoms with Gasteiger partial charge in [-0.3, -0.25) is 0 Å². The van der Waals surface area contributed by atoms with Gasteiger partial charge in [-0.25, -0.2) is 4.39 Å². The highest BCUT2D eigenvalue weighted by molar-refractivity contribution is 9.10. The summed E-state index contributed by atoms with van der Waals surface area (Å²) < 4.78 is 13.3. The van der Waals surface area contributed by atoms with Crippen LogP contribution in [0, 0.1) is 5.82 Å². The van der Waals surface area contributed by atoms with E-state index < -0.39 is 5.82 Å². The highest BCUT2D eigenvalue weighted by Crippen LogP contribution is 2.17. The molecule has 0 aliphatic carbocycles. The molecule has 0 saturated heterocycles. The molecule has 0 saturated carbocycles. The fraction of sp³-hybridized carbons (Fsp3) is 0.125. The Morgan fingerprint density at radius 3 is 2.77 bits per heavy atom. The molecule has 70 valence electrons. The van der Waals surface area contributed by atoms with Crippen LogP contribution < -0.4 is 0 Å². The summed E-state index contributed by atoms with van der Waals surface area (Å²) in [5, 5.41) is 11.5. The van der Waals surface area contributed by atoms with Crippen molar-refractivity contribution >= 4 is 33.2 Å². The van der Waals surface area contributed by atoms with Crippen molar-refractivity contribution < 1.29 is 9.60 Å². The van der Waals surface area contributed by atoms with E-state index in [9.17, 15) is 4.39 Å². The minimum absolute atomic E-state index is 0.0393. The lowest BCUT2D eigenvalue weighted by Crippen LogP contribution is -2.02. The van der Waals surface area contributed by atoms with E-state index in [1.54, 1.807) is 6.07 Å². The van der Waals surface area contributed by atoms with Crippen LogP contribution >= 0.6 is 27.5 Å². The van der Waals surface area contributed by atoms with Gasteiger partial charge in [0.15, 0.2) is 0 Å². The second kappa shape index (κ2) is 4.58. The van der Waals surface area contributed by atoms with Gasteiger partial charge in [-0.2, -0.15) is 0 Å². The molecule has 0 spiro atoms. The molecule has 0 radical (unpaired) electrons. The number of rotatable bonds is 2. The molecule has 1 N–H and O–H groups in total. The number of hydrogen-bond acceptors (Lipinski definition) is 2. The smallest absolute Gasteiger partial charge is 0.138 e. The summed E-state index contributed by atoms with van der Waals surface area (Å²) in [5.41, 5.74) is 0.714. The normalized spacial score (nSPS) is 11.8. The number of halogens is 3. The molecule has 1 aromatic rings. The van der Waals surface area contributed by atoms with Crippen molar-refractivity contribution in [2.24, 2.45) is 5.16 Å². The molecule has 0 aliphatic heterocycles. The fourth-order valence-corrected chi connectivity index (χ4v) is 1.29. The predicted molar refractivity (Wildman–Crippen MR) is 53.1 cm³/mol. The monoisotopic (exact) mass is 265 g/mol. The molecule has 0 bridgehead atoms. The van der Waals surface area contributed by atoms with Gasteiger partial charge in [0.05, 0.1) is 10.4 Å². The lowest BCUT2D eigenvalue weighted by atomic mass is 10.1.